The summed E-state index contributed by atoms with van der Waals surface area (Å²) in [6.07, 6.45) is 2.39. The molecule has 0 unspecified atom stereocenters. The Hall–Kier alpha value is -0.610. The van der Waals surface area contributed by atoms with E-state index in [2.05, 4.69) is 5.32 Å². The molecule has 1 heterocycles. The van der Waals surface area contributed by atoms with Crippen molar-refractivity contribution < 1.29 is 4.79 Å². The van der Waals surface area contributed by atoms with Crippen LogP contribution in [0.5, 0.6) is 0 Å². The minimum absolute atomic E-state index is 0.236. The van der Waals surface area contributed by atoms with Crippen LogP contribution in [0.2, 0.25) is 0 Å². The van der Waals surface area contributed by atoms with Crippen molar-refractivity contribution in [3.8, 4) is 0 Å². The highest BCUT2D eigenvalue weighted by molar-refractivity contribution is 5.76. The third-order valence-electron chi connectivity index (χ3n) is 2.68. The smallest absolute Gasteiger partial charge is 0.222 e. The first-order valence-corrected chi connectivity index (χ1v) is 5.76. The van der Waals surface area contributed by atoms with Gasteiger partial charge in [0.05, 0.1) is 0 Å². The predicted octanol–water partition coefficient (Wildman–Crippen LogP) is 0.326. The molecule has 0 spiro atoms. The fraction of sp³-hybridized carbons (Fsp3) is 0.909. The maximum atomic E-state index is 11.8. The van der Waals surface area contributed by atoms with Crippen molar-refractivity contribution >= 4 is 5.91 Å². The molecule has 0 aliphatic carbocycles. The zero-order valence-corrected chi connectivity index (χ0v) is 9.88. The Morgan fingerprint density at radius 1 is 1.40 bits per heavy atom. The molecule has 4 heteroatoms. The van der Waals surface area contributed by atoms with Crippen LogP contribution in [0.4, 0.5) is 0 Å². The lowest BCUT2D eigenvalue weighted by Gasteiger charge is -2.23. The molecule has 0 aromatic heterocycles. The van der Waals surface area contributed by atoms with Crippen molar-refractivity contribution in [1.82, 2.24) is 10.2 Å². The summed E-state index contributed by atoms with van der Waals surface area (Å²) in [7, 11) is 0. The van der Waals surface area contributed by atoms with Crippen LogP contribution in [-0.4, -0.2) is 42.5 Å². The molecule has 0 aromatic rings. The summed E-state index contributed by atoms with van der Waals surface area (Å²) < 4.78 is 0. The van der Waals surface area contributed by atoms with E-state index in [1.165, 1.54) is 0 Å². The zero-order chi connectivity index (χ0) is 11.3. The summed E-state index contributed by atoms with van der Waals surface area (Å²) in [5.74, 6) is 0.247. The van der Waals surface area contributed by atoms with E-state index >= 15 is 0 Å². The zero-order valence-electron chi connectivity index (χ0n) is 9.88. The maximum Gasteiger partial charge on any atom is 0.222 e. The summed E-state index contributed by atoms with van der Waals surface area (Å²) in [5.41, 5.74) is 5.62. The van der Waals surface area contributed by atoms with E-state index in [4.69, 9.17) is 5.73 Å². The molecule has 1 saturated heterocycles. The monoisotopic (exact) mass is 213 g/mol. The maximum absolute atomic E-state index is 11.8. The first-order chi connectivity index (χ1) is 6.99. The number of nitrogens with one attached hydrogen (secondary N) is 1. The lowest BCUT2D eigenvalue weighted by atomic mass is 10.00. The number of carbonyl (C=O) groups is 1. The van der Waals surface area contributed by atoms with E-state index in [-0.39, 0.29) is 11.4 Å². The topological polar surface area (TPSA) is 58.4 Å². The second-order valence-corrected chi connectivity index (χ2v) is 4.97. The predicted molar refractivity (Wildman–Crippen MR) is 61.6 cm³/mol. The number of carbonyl (C=O) groups excluding carboxylic acids is 1. The Bertz CT molecular complexity index is 202. The molecule has 1 amide bonds. The third-order valence-corrected chi connectivity index (χ3v) is 2.68. The van der Waals surface area contributed by atoms with Gasteiger partial charge in [-0.3, -0.25) is 4.79 Å². The van der Waals surface area contributed by atoms with Crippen molar-refractivity contribution in [1.29, 1.82) is 0 Å². The molecule has 88 valence electrons. The lowest BCUT2D eigenvalue weighted by Crippen LogP contribution is -2.37. The molecule has 0 radical (unpaired) electrons. The Balaban J connectivity index is 2.32. The van der Waals surface area contributed by atoms with Crippen molar-refractivity contribution in [2.24, 2.45) is 5.73 Å². The van der Waals surface area contributed by atoms with E-state index in [1.54, 1.807) is 0 Å². The molecular formula is C11H23N3O. The van der Waals surface area contributed by atoms with E-state index in [0.717, 1.165) is 39.0 Å². The van der Waals surface area contributed by atoms with Gasteiger partial charge in [0, 0.05) is 31.6 Å². The summed E-state index contributed by atoms with van der Waals surface area (Å²) in [6, 6.07) is 0. The van der Waals surface area contributed by atoms with Gasteiger partial charge in [0.1, 0.15) is 0 Å². The number of rotatable bonds is 3. The van der Waals surface area contributed by atoms with Crippen LogP contribution in [0.3, 0.4) is 0 Å². The highest BCUT2D eigenvalue weighted by Gasteiger charge is 2.18. The molecule has 0 bridgehead atoms. The van der Waals surface area contributed by atoms with Gasteiger partial charge in [0.15, 0.2) is 0 Å². The Morgan fingerprint density at radius 2 is 2.13 bits per heavy atom. The number of hydrogen-bond acceptors (Lipinski definition) is 3. The van der Waals surface area contributed by atoms with Crippen LogP contribution < -0.4 is 11.1 Å². The minimum Gasteiger partial charge on any atom is -0.341 e. The number of nitrogens with zero attached hydrogens (tertiary/aromatic N) is 1. The van der Waals surface area contributed by atoms with E-state index < -0.39 is 0 Å². The van der Waals surface area contributed by atoms with Gasteiger partial charge in [-0.1, -0.05) is 0 Å². The fourth-order valence-electron chi connectivity index (χ4n) is 1.68. The van der Waals surface area contributed by atoms with Crippen LogP contribution in [0.25, 0.3) is 0 Å². The highest BCUT2D eigenvalue weighted by Crippen LogP contribution is 2.09. The van der Waals surface area contributed by atoms with Gasteiger partial charge in [0.2, 0.25) is 5.91 Å². The normalized spacial score (nSPS) is 18.7. The lowest BCUT2D eigenvalue weighted by molar-refractivity contribution is -0.131. The molecule has 0 saturated carbocycles. The number of nitrogens with two attached hydrogens (primary N) is 1. The van der Waals surface area contributed by atoms with Crippen LogP contribution >= 0.6 is 0 Å². The Kier molecular flexibility index (Phi) is 4.54. The van der Waals surface area contributed by atoms with Crippen molar-refractivity contribution in [2.45, 2.75) is 38.6 Å². The standard InChI is InChI=1S/C11H23N3O/c1-11(2,12)5-4-10(15)14-8-3-6-13-7-9-14/h13H,3-9,12H2,1-2H3. The molecule has 1 aliphatic heterocycles. The number of hydrogen-bond donors (Lipinski definition) is 2. The van der Waals surface area contributed by atoms with Crippen LogP contribution in [-0.2, 0) is 4.79 Å². The third kappa shape index (κ3) is 5.14. The summed E-state index contributed by atoms with van der Waals surface area (Å²) in [6.45, 7) is 7.58. The van der Waals surface area contributed by atoms with Gasteiger partial charge in [0.25, 0.3) is 0 Å². The van der Waals surface area contributed by atoms with Crippen LogP contribution in [0, 0.1) is 0 Å². The molecule has 1 fully saturated rings. The minimum atomic E-state index is -0.236. The molecule has 1 aliphatic rings. The van der Waals surface area contributed by atoms with Crippen molar-refractivity contribution in [3.63, 3.8) is 0 Å². The van der Waals surface area contributed by atoms with Gasteiger partial charge >= 0.3 is 0 Å². The number of amides is 1. The summed E-state index contributed by atoms with van der Waals surface area (Å²) in [5, 5.41) is 3.29. The Labute approximate surface area is 92.2 Å². The Morgan fingerprint density at radius 3 is 2.80 bits per heavy atom. The van der Waals surface area contributed by atoms with Gasteiger partial charge in [-0.05, 0) is 33.2 Å². The summed E-state index contributed by atoms with van der Waals surface area (Å²) >= 11 is 0. The van der Waals surface area contributed by atoms with Gasteiger partial charge in [-0.2, -0.15) is 0 Å². The van der Waals surface area contributed by atoms with Crippen LogP contribution in [0.15, 0.2) is 0 Å². The molecule has 1 rings (SSSR count). The van der Waals surface area contributed by atoms with E-state index in [0.29, 0.717) is 6.42 Å². The fourth-order valence-corrected chi connectivity index (χ4v) is 1.68. The van der Waals surface area contributed by atoms with Gasteiger partial charge < -0.3 is 16.0 Å². The summed E-state index contributed by atoms with van der Waals surface area (Å²) in [4.78, 5) is 13.8. The molecule has 3 N–H and O–H groups in total. The van der Waals surface area contributed by atoms with Crippen LogP contribution in [0.1, 0.15) is 33.1 Å². The van der Waals surface area contributed by atoms with Gasteiger partial charge in [-0.15, -0.1) is 0 Å². The quantitative estimate of drug-likeness (QED) is 0.710. The molecule has 4 nitrogen and oxygen atoms in total. The average molecular weight is 213 g/mol. The van der Waals surface area contributed by atoms with Gasteiger partial charge in [-0.25, -0.2) is 0 Å². The second kappa shape index (κ2) is 5.47. The molecule has 0 atom stereocenters. The van der Waals surface area contributed by atoms with E-state index in [9.17, 15) is 4.79 Å². The molecule has 0 aromatic carbocycles. The first kappa shape index (κ1) is 12.5. The largest absolute Gasteiger partial charge is 0.341 e. The van der Waals surface area contributed by atoms with E-state index in [1.807, 2.05) is 18.7 Å². The van der Waals surface area contributed by atoms with Crippen molar-refractivity contribution in [2.75, 3.05) is 26.2 Å². The SMILES string of the molecule is CC(C)(N)CCC(=O)N1CCCNCC1. The second-order valence-electron chi connectivity index (χ2n) is 4.97. The molecule has 15 heavy (non-hydrogen) atoms. The van der Waals surface area contributed by atoms with Crippen molar-refractivity contribution in [3.05, 3.63) is 0 Å². The molecular weight excluding hydrogens is 190 g/mol. The average Bonchev–Trinajstić information content (AvgIpc) is 2.41. The highest BCUT2D eigenvalue weighted by atomic mass is 16.2. The first-order valence-electron chi connectivity index (χ1n) is 5.76.